The van der Waals surface area contributed by atoms with Crippen LogP contribution in [0, 0.1) is 0 Å². The first-order valence-corrected chi connectivity index (χ1v) is 6.79. The van der Waals surface area contributed by atoms with Crippen molar-refractivity contribution in [3.05, 3.63) is 48.0 Å². The molecule has 1 aliphatic rings. The van der Waals surface area contributed by atoms with E-state index in [1.54, 1.807) is 0 Å². The summed E-state index contributed by atoms with van der Waals surface area (Å²) in [5.74, 6) is 0. The van der Waals surface area contributed by atoms with Crippen molar-refractivity contribution < 1.29 is 0 Å². The van der Waals surface area contributed by atoms with Gasteiger partial charge < -0.3 is 10.6 Å². The molecule has 4 heteroatoms. The molecule has 0 unspecified atom stereocenters. The zero-order chi connectivity index (χ0) is 12.4. The third-order valence-corrected chi connectivity index (χ3v) is 3.84. The zero-order valence-corrected chi connectivity index (χ0v) is 13.3. The second-order valence-electron chi connectivity index (χ2n) is 5.15. The number of rotatable bonds is 3. The lowest BCUT2D eigenvalue weighted by molar-refractivity contribution is 0.480. The molecule has 1 fully saturated rings. The van der Waals surface area contributed by atoms with Gasteiger partial charge in [-0.1, -0.05) is 42.5 Å². The van der Waals surface area contributed by atoms with Crippen molar-refractivity contribution in [1.82, 2.24) is 10.6 Å². The van der Waals surface area contributed by atoms with Gasteiger partial charge in [0.2, 0.25) is 0 Å². The van der Waals surface area contributed by atoms with Crippen molar-refractivity contribution >= 4 is 35.6 Å². The Labute approximate surface area is 133 Å². The Bertz CT molecular complexity index is 533. The number of hydrogen-bond acceptors (Lipinski definition) is 2. The highest BCUT2D eigenvalue weighted by Gasteiger charge is 2.17. The first kappa shape index (κ1) is 17.3. The molecule has 2 aromatic carbocycles. The van der Waals surface area contributed by atoms with E-state index in [1.165, 1.54) is 22.8 Å². The van der Waals surface area contributed by atoms with Crippen molar-refractivity contribution in [2.45, 2.75) is 25.4 Å². The molecule has 0 radical (unpaired) electrons. The topological polar surface area (TPSA) is 24.1 Å². The fraction of sp³-hybridized carbons (Fsp3) is 0.375. The Morgan fingerprint density at radius 3 is 2.60 bits per heavy atom. The van der Waals surface area contributed by atoms with Crippen LogP contribution in [0.25, 0.3) is 10.8 Å². The van der Waals surface area contributed by atoms with E-state index in [0.717, 1.165) is 13.1 Å². The van der Waals surface area contributed by atoms with Crippen molar-refractivity contribution in [3.63, 3.8) is 0 Å². The first-order chi connectivity index (χ1) is 8.84. The lowest BCUT2D eigenvalue weighted by Crippen LogP contribution is -2.33. The number of benzene rings is 2. The number of fused-ring (bicyclic) bond motifs is 1. The van der Waals surface area contributed by atoms with Gasteiger partial charge in [0.05, 0.1) is 0 Å². The fourth-order valence-corrected chi connectivity index (χ4v) is 2.87. The van der Waals surface area contributed by atoms with E-state index in [2.05, 4.69) is 60.0 Å². The van der Waals surface area contributed by atoms with Gasteiger partial charge in [0.25, 0.3) is 0 Å². The number of nitrogens with one attached hydrogen (secondary N) is 2. The van der Waals surface area contributed by atoms with Gasteiger partial charge in [0.15, 0.2) is 0 Å². The Morgan fingerprint density at radius 2 is 1.85 bits per heavy atom. The van der Waals surface area contributed by atoms with E-state index in [1.807, 2.05) is 0 Å². The first-order valence-electron chi connectivity index (χ1n) is 6.79. The predicted molar refractivity (Wildman–Crippen MR) is 91.3 cm³/mol. The number of hydrogen-bond donors (Lipinski definition) is 2. The summed E-state index contributed by atoms with van der Waals surface area (Å²) in [5, 5.41) is 9.82. The molecule has 2 N–H and O–H groups in total. The van der Waals surface area contributed by atoms with Crippen LogP contribution in [0.5, 0.6) is 0 Å². The monoisotopic (exact) mass is 312 g/mol. The van der Waals surface area contributed by atoms with E-state index in [-0.39, 0.29) is 24.8 Å². The predicted octanol–water partition coefficient (Wildman–Crippen LogP) is 3.70. The van der Waals surface area contributed by atoms with Crippen molar-refractivity contribution in [3.8, 4) is 0 Å². The molecule has 110 valence electrons. The van der Waals surface area contributed by atoms with Crippen LogP contribution in [-0.2, 0) is 0 Å². The van der Waals surface area contributed by atoms with Crippen LogP contribution in [0.15, 0.2) is 42.5 Å². The maximum atomic E-state index is 3.72. The van der Waals surface area contributed by atoms with Crippen molar-refractivity contribution in [2.24, 2.45) is 0 Å². The Kier molecular flexibility index (Phi) is 6.77. The summed E-state index contributed by atoms with van der Waals surface area (Å²) in [7, 11) is 0. The molecule has 0 amide bonds. The molecule has 2 nitrogen and oxygen atoms in total. The van der Waals surface area contributed by atoms with Gasteiger partial charge in [-0.2, -0.15) is 0 Å². The molecular formula is C16H22Cl2N2. The third kappa shape index (κ3) is 3.64. The maximum absolute atomic E-state index is 3.72. The van der Waals surface area contributed by atoms with Crippen molar-refractivity contribution in [1.29, 1.82) is 0 Å². The third-order valence-electron chi connectivity index (χ3n) is 3.84. The van der Waals surface area contributed by atoms with E-state index in [9.17, 15) is 0 Å². The molecule has 0 aromatic heterocycles. The standard InChI is InChI=1S/C16H20N2.2ClH/c1-12(18-14-9-10-17-11-14)15-8-4-6-13-5-2-3-7-16(13)15;;/h2-8,12,14,17-18H,9-11H2,1H3;2*1H/t12-,14-;;/m1../s1. The Balaban J connectivity index is 0.000001000. The molecule has 0 spiro atoms. The van der Waals surface area contributed by atoms with Gasteiger partial charge in [-0.05, 0) is 36.2 Å². The minimum absolute atomic E-state index is 0. The van der Waals surface area contributed by atoms with Gasteiger partial charge in [-0.15, -0.1) is 24.8 Å². The van der Waals surface area contributed by atoms with E-state index >= 15 is 0 Å². The van der Waals surface area contributed by atoms with Gasteiger partial charge in [0, 0.05) is 18.6 Å². The summed E-state index contributed by atoms with van der Waals surface area (Å²) in [6.45, 7) is 4.50. The smallest absolute Gasteiger partial charge is 0.0301 e. The fourth-order valence-electron chi connectivity index (χ4n) is 2.87. The van der Waals surface area contributed by atoms with Crippen LogP contribution < -0.4 is 10.6 Å². The van der Waals surface area contributed by atoms with E-state index in [4.69, 9.17) is 0 Å². The SMILES string of the molecule is C[C@@H](N[C@@H]1CCNC1)c1cccc2ccccc12.Cl.Cl. The quantitative estimate of drug-likeness (QED) is 0.903. The second-order valence-corrected chi connectivity index (χ2v) is 5.15. The summed E-state index contributed by atoms with van der Waals surface area (Å²) in [6.07, 6.45) is 1.23. The van der Waals surface area contributed by atoms with E-state index in [0.29, 0.717) is 12.1 Å². The van der Waals surface area contributed by atoms with Gasteiger partial charge in [-0.3, -0.25) is 0 Å². The van der Waals surface area contributed by atoms with Gasteiger partial charge in [-0.25, -0.2) is 0 Å². The van der Waals surface area contributed by atoms with Gasteiger partial charge in [0.1, 0.15) is 0 Å². The molecule has 0 bridgehead atoms. The van der Waals surface area contributed by atoms with Crippen LogP contribution in [-0.4, -0.2) is 19.1 Å². The highest BCUT2D eigenvalue weighted by atomic mass is 35.5. The highest BCUT2D eigenvalue weighted by Crippen LogP contribution is 2.24. The minimum Gasteiger partial charge on any atom is -0.315 e. The lowest BCUT2D eigenvalue weighted by atomic mass is 9.99. The molecule has 1 saturated heterocycles. The van der Waals surface area contributed by atoms with E-state index < -0.39 is 0 Å². The molecule has 0 aliphatic carbocycles. The summed E-state index contributed by atoms with van der Waals surface area (Å²) >= 11 is 0. The van der Waals surface area contributed by atoms with Crippen LogP contribution in [0.4, 0.5) is 0 Å². The van der Waals surface area contributed by atoms with Crippen LogP contribution in [0.3, 0.4) is 0 Å². The molecule has 2 aromatic rings. The molecule has 3 rings (SSSR count). The second kappa shape index (κ2) is 7.84. The summed E-state index contributed by atoms with van der Waals surface area (Å²) in [6, 6.07) is 16.2. The number of halogens is 2. The van der Waals surface area contributed by atoms with Gasteiger partial charge >= 0.3 is 0 Å². The average molecular weight is 313 g/mol. The average Bonchev–Trinajstić information content (AvgIpc) is 2.91. The maximum Gasteiger partial charge on any atom is 0.0301 e. The lowest BCUT2D eigenvalue weighted by Gasteiger charge is -2.20. The summed E-state index contributed by atoms with van der Waals surface area (Å²) in [5.41, 5.74) is 1.40. The molecule has 1 aliphatic heterocycles. The molecular weight excluding hydrogens is 291 g/mol. The Morgan fingerprint density at radius 1 is 1.10 bits per heavy atom. The largest absolute Gasteiger partial charge is 0.315 e. The van der Waals surface area contributed by atoms with Crippen LogP contribution in [0.2, 0.25) is 0 Å². The molecule has 1 heterocycles. The zero-order valence-electron chi connectivity index (χ0n) is 11.6. The Hall–Kier alpha value is -0.800. The summed E-state index contributed by atoms with van der Waals surface area (Å²) < 4.78 is 0. The normalized spacial score (nSPS) is 19.1. The van der Waals surface area contributed by atoms with Crippen LogP contribution >= 0.6 is 24.8 Å². The van der Waals surface area contributed by atoms with Crippen LogP contribution in [0.1, 0.15) is 24.9 Å². The molecule has 20 heavy (non-hydrogen) atoms. The molecule has 0 saturated carbocycles. The minimum atomic E-state index is 0. The van der Waals surface area contributed by atoms with Crippen molar-refractivity contribution in [2.75, 3.05) is 13.1 Å². The molecule has 2 atom stereocenters. The summed E-state index contributed by atoms with van der Waals surface area (Å²) in [4.78, 5) is 0. The highest BCUT2D eigenvalue weighted by molar-refractivity contribution is 5.86.